The lowest BCUT2D eigenvalue weighted by atomic mass is 10.4. The Bertz CT molecular complexity index is 199. The van der Waals surface area contributed by atoms with E-state index in [1.165, 1.54) is 51.9 Å². The summed E-state index contributed by atoms with van der Waals surface area (Å²) in [5, 5.41) is 0. The van der Waals surface area contributed by atoms with Gasteiger partial charge in [0.2, 0.25) is 0 Å². The molecular formula is C8H24N2O3Si4. The van der Waals surface area contributed by atoms with E-state index in [1.807, 2.05) is 0 Å². The van der Waals surface area contributed by atoms with Crippen LogP contribution in [0.15, 0.2) is 0 Å². The standard InChI is InChI=1S/C8H24N2O3Si4/c14-11-15-12-16-13-17(9-5-1-2-6-9)10-7-3-4-8-10/h17H,1-8,15-16H2,14H3. The van der Waals surface area contributed by atoms with Crippen molar-refractivity contribution in [3.63, 3.8) is 0 Å². The highest BCUT2D eigenvalue weighted by Crippen LogP contribution is 2.17. The van der Waals surface area contributed by atoms with Crippen molar-refractivity contribution in [2.24, 2.45) is 0 Å². The number of hydrogen-bond donors (Lipinski definition) is 0. The maximum absolute atomic E-state index is 6.19. The Morgan fingerprint density at radius 2 is 1.41 bits per heavy atom. The molecule has 0 aliphatic carbocycles. The fourth-order valence-electron chi connectivity index (χ4n) is 2.59. The lowest BCUT2D eigenvalue weighted by molar-refractivity contribution is 0.311. The van der Waals surface area contributed by atoms with Crippen molar-refractivity contribution in [3.05, 3.63) is 0 Å². The molecule has 2 aliphatic heterocycles. The van der Waals surface area contributed by atoms with E-state index >= 15 is 0 Å². The molecule has 0 aromatic rings. The summed E-state index contributed by atoms with van der Waals surface area (Å²) in [5.41, 5.74) is 0. The number of hydrogen-bond acceptors (Lipinski definition) is 5. The quantitative estimate of drug-likeness (QED) is 0.376. The summed E-state index contributed by atoms with van der Waals surface area (Å²) in [6, 6.07) is 0. The molecule has 17 heavy (non-hydrogen) atoms. The summed E-state index contributed by atoms with van der Waals surface area (Å²) in [6.45, 7) is 4.99. The summed E-state index contributed by atoms with van der Waals surface area (Å²) < 4.78 is 22.2. The third kappa shape index (κ3) is 4.36. The first-order valence-electron chi connectivity index (χ1n) is 6.58. The van der Waals surface area contributed by atoms with Gasteiger partial charge in [0.25, 0.3) is 20.0 Å². The molecule has 0 bridgehead atoms. The summed E-state index contributed by atoms with van der Waals surface area (Å²) in [4.78, 5) is 0. The lowest BCUT2D eigenvalue weighted by Gasteiger charge is -2.32. The van der Waals surface area contributed by atoms with Gasteiger partial charge in [-0.25, -0.2) is 0 Å². The molecule has 2 aliphatic rings. The Morgan fingerprint density at radius 3 is 1.88 bits per heavy atom. The van der Waals surface area contributed by atoms with E-state index < -0.39 is 29.4 Å². The Kier molecular flexibility index (Phi) is 6.60. The molecule has 0 amide bonds. The SMILES string of the molecule is [SiH3]O[SiH2]O[SiH2]O[SiH](N1CCCC1)N1CCCC1. The highest BCUT2D eigenvalue weighted by molar-refractivity contribution is 6.54. The fourth-order valence-corrected chi connectivity index (χ4v) is 10.5. The second-order valence-electron chi connectivity index (χ2n) is 4.71. The zero-order valence-corrected chi connectivity index (χ0v) is 16.8. The molecule has 100 valence electrons. The molecule has 5 nitrogen and oxygen atoms in total. The number of nitrogens with zero attached hydrogens (tertiary/aromatic N) is 2. The molecule has 0 N–H and O–H groups in total. The van der Waals surface area contributed by atoms with Crippen molar-refractivity contribution in [1.29, 1.82) is 0 Å². The van der Waals surface area contributed by atoms with Crippen molar-refractivity contribution in [2.45, 2.75) is 25.7 Å². The van der Waals surface area contributed by atoms with Crippen LogP contribution in [0.2, 0.25) is 0 Å². The summed E-state index contributed by atoms with van der Waals surface area (Å²) >= 11 is 0. The first-order valence-corrected chi connectivity index (χ1v) is 11.2. The Balaban J connectivity index is 1.78. The van der Waals surface area contributed by atoms with Gasteiger partial charge in [0.05, 0.1) is 0 Å². The predicted molar refractivity (Wildman–Crippen MR) is 79.0 cm³/mol. The van der Waals surface area contributed by atoms with Crippen molar-refractivity contribution in [2.75, 3.05) is 26.2 Å². The zero-order valence-electron chi connectivity index (χ0n) is 10.8. The molecule has 0 radical (unpaired) electrons. The topological polar surface area (TPSA) is 34.2 Å². The molecule has 0 unspecified atom stereocenters. The van der Waals surface area contributed by atoms with E-state index in [0.29, 0.717) is 0 Å². The van der Waals surface area contributed by atoms with Crippen LogP contribution in [0.3, 0.4) is 0 Å². The summed E-state index contributed by atoms with van der Waals surface area (Å²) in [6.07, 6.45) is 5.39. The third-order valence-corrected chi connectivity index (χ3v) is 9.70. The fraction of sp³-hybridized carbons (Fsp3) is 1.00. The van der Waals surface area contributed by atoms with E-state index in [0.717, 1.165) is 10.5 Å². The van der Waals surface area contributed by atoms with E-state index in [1.54, 1.807) is 0 Å². The lowest BCUT2D eigenvalue weighted by Crippen LogP contribution is -2.53. The molecule has 2 heterocycles. The molecular weight excluding hydrogens is 284 g/mol. The average molecular weight is 309 g/mol. The molecule has 0 aromatic heterocycles. The van der Waals surface area contributed by atoms with Crippen molar-refractivity contribution in [1.82, 2.24) is 9.13 Å². The summed E-state index contributed by atoms with van der Waals surface area (Å²) in [5.74, 6) is 0. The van der Waals surface area contributed by atoms with Crippen LogP contribution in [0.1, 0.15) is 25.7 Å². The van der Waals surface area contributed by atoms with Gasteiger partial charge < -0.3 is 12.3 Å². The maximum atomic E-state index is 6.19. The average Bonchev–Trinajstić information content (AvgIpc) is 3.02. The molecule has 2 saturated heterocycles. The van der Waals surface area contributed by atoms with E-state index in [2.05, 4.69) is 9.13 Å². The highest BCUT2D eigenvalue weighted by atomic mass is 28.4. The molecule has 2 fully saturated rings. The molecule has 2 rings (SSSR count). The van der Waals surface area contributed by atoms with Gasteiger partial charge in [0, 0.05) is 0 Å². The van der Waals surface area contributed by atoms with Gasteiger partial charge in [-0.2, -0.15) is 0 Å². The van der Waals surface area contributed by atoms with Crippen LogP contribution in [0.5, 0.6) is 0 Å². The minimum absolute atomic E-state index is 0.681. The van der Waals surface area contributed by atoms with Gasteiger partial charge in [-0.3, -0.25) is 9.13 Å². The first-order chi connectivity index (χ1) is 8.42. The van der Waals surface area contributed by atoms with Crippen LogP contribution in [0.4, 0.5) is 0 Å². The van der Waals surface area contributed by atoms with Gasteiger partial charge >= 0.3 is 9.36 Å². The second kappa shape index (κ2) is 7.96. The number of rotatable bonds is 7. The third-order valence-electron chi connectivity index (χ3n) is 3.41. The smallest absolute Gasteiger partial charge is 0.331 e. The largest absolute Gasteiger partial charge is 0.449 e. The molecule has 0 saturated carbocycles. The monoisotopic (exact) mass is 308 g/mol. The zero-order chi connectivity index (χ0) is 11.9. The van der Waals surface area contributed by atoms with Crippen LogP contribution >= 0.6 is 0 Å². The first kappa shape index (κ1) is 14.1. The molecule has 0 atom stereocenters. The second-order valence-corrected chi connectivity index (χ2v) is 12.6. The van der Waals surface area contributed by atoms with Gasteiger partial charge in [-0.15, -0.1) is 0 Å². The van der Waals surface area contributed by atoms with Gasteiger partial charge in [-0.1, -0.05) is 0 Å². The normalized spacial score (nSPS) is 24.5. The van der Waals surface area contributed by atoms with Gasteiger partial charge in [-0.05, 0) is 51.9 Å². The minimum Gasteiger partial charge on any atom is -0.449 e. The van der Waals surface area contributed by atoms with E-state index in [4.69, 9.17) is 12.3 Å². The van der Waals surface area contributed by atoms with Crippen LogP contribution in [0, 0.1) is 0 Å². The van der Waals surface area contributed by atoms with Crippen molar-refractivity contribution >= 4 is 39.9 Å². The van der Waals surface area contributed by atoms with Crippen LogP contribution < -0.4 is 0 Å². The Morgan fingerprint density at radius 1 is 0.882 bits per heavy atom. The Labute approximate surface area is 113 Å². The van der Waals surface area contributed by atoms with Crippen LogP contribution in [-0.2, 0) is 12.3 Å². The molecule has 9 heteroatoms. The van der Waals surface area contributed by atoms with Crippen molar-refractivity contribution < 1.29 is 12.3 Å². The van der Waals surface area contributed by atoms with E-state index in [-0.39, 0.29) is 0 Å². The summed E-state index contributed by atoms with van der Waals surface area (Å²) in [7, 11) is -1.95. The van der Waals surface area contributed by atoms with Gasteiger partial charge in [0.1, 0.15) is 10.5 Å². The van der Waals surface area contributed by atoms with E-state index in [9.17, 15) is 0 Å². The molecule has 0 spiro atoms. The van der Waals surface area contributed by atoms with Crippen molar-refractivity contribution in [3.8, 4) is 0 Å². The predicted octanol–water partition coefficient (Wildman–Crippen LogP) is -2.78. The van der Waals surface area contributed by atoms with Crippen LogP contribution in [0.25, 0.3) is 0 Å². The molecule has 0 aromatic carbocycles. The van der Waals surface area contributed by atoms with Gasteiger partial charge in [0.15, 0.2) is 0 Å². The maximum Gasteiger partial charge on any atom is 0.331 e. The van der Waals surface area contributed by atoms with Crippen LogP contribution in [-0.4, -0.2) is 75.2 Å². The minimum atomic E-state index is -1.30. The highest BCUT2D eigenvalue weighted by Gasteiger charge is 2.32. The Hall–Kier alpha value is 0.668.